The summed E-state index contributed by atoms with van der Waals surface area (Å²) in [7, 11) is -3.34. The van der Waals surface area contributed by atoms with Crippen LogP contribution in [0.1, 0.15) is 18.9 Å². The van der Waals surface area contributed by atoms with E-state index in [1.54, 1.807) is 10.4 Å². The quantitative estimate of drug-likeness (QED) is 0.864. The van der Waals surface area contributed by atoms with Crippen molar-refractivity contribution >= 4 is 49.7 Å². The number of halogens is 2. The molecule has 2 rings (SSSR count). The van der Waals surface area contributed by atoms with Crippen LogP contribution in [-0.4, -0.2) is 31.9 Å². The van der Waals surface area contributed by atoms with E-state index in [1.807, 2.05) is 13.8 Å². The van der Waals surface area contributed by atoms with E-state index in [0.29, 0.717) is 17.3 Å². The van der Waals surface area contributed by atoms with Crippen molar-refractivity contribution in [3.63, 3.8) is 0 Å². The zero-order valence-corrected chi connectivity index (χ0v) is 14.8. The van der Waals surface area contributed by atoms with Crippen molar-refractivity contribution < 1.29 is 8.42 Å². The van der Waals surface area contributed by atoms with Gasteiger partial charge in [0.15, 0.2) is 0 Å². The fraction of sp³-hybridized carbons (Fsp3) is 0.636. The van der Waals surface area contributed by atoms with Crippen molar-refractivity contribution in [3.05, 3.63) is 15.4 Å². The van der Waals surface area contributed by atoms with Gasteiger partial charge in [0.25, 0.3) is 10.0 Å². The summed E-state index contributed by atoms with van der Waals surface area (Å²) < 4.78 is 27.7. The molecule has 0 aromatic carbocycles. The van der Waals surface area contributed by atoms with Crippen LogP contribution < -0.4 is 5.73 Å². The minimum absolute atomic E-state index is 0. The van der Waals surface area contributed by atoms with Gasteiger partial charge in [-0.15, -0.1) is 23.7 Å². The molecule has 2 atom stereocenters. The van der Waals surface area contributed by atoms with Gasteiger partial charge in [-0.25, -0.2) is 8.42 Å². The van der Waals surface area contributed by atoms with Gasteiger partial charge in [-0.05, 0) is 53.7 Å². The molecule has 110 valence electrons. The zero-order chi connectivity index (χ0) is 13.5. The van der Waals surface area contributed by atoms with Gasteiger partial charge in [0.1, 0.15) is 4.21 Å². The largest absolute Gasteiger partial charge is 0.328 e. The smallest absolute Gasteiger partial charge is 0.252 e. The molecule has 2 N–H and O–H groups in total. The molecule has 2 heterocycles. The van der Waals surface area contributed by atoms with E-state index < -0.39 is 10.0 Å². The normalized spacial score (nSPS) is 22.2. The molecule has 4 nitrogen and oxygen atoms in total. The minimum Gasteiger partial charge on any atom is -0.328 e. The molecule has 0 aliphatic carbocycles. The van der Waals surface area contributed by atoms with Crippen LogP contribution in [0.3, 0.4) is 0 Å². The summed E-state index contributed by atoms with van der Waals surface area (Å²) in [6, 6.07) is 1.77. The van der Waals surface area contributed by atoms with Gasteiger partial charge in [0.2, 0.25) is 0 Å². The molecule has 1 aromatic heterocycles. The lowest BCUT2D eigenvalue weighted by molar-refractivity contribution is 0.430. The fourth-order valence-corrected chi connectivity index (χ4v) is 5.98. The highest BCUT2D eigenvalue weighted by molar-refractivity contribution is 9.11. The molecule has 1 saturated heterocycles. The van der Waals surface area contributed by atoms with Gasteiger partial charge in [-0.1, -0.05) is 0 Å². The first-order valence-electron chi connectivity index (χ1n) is 5.84. The average molecular weight is 390 g/mol. The van der Waals surface area contributed by atoms with Crippen molar-refractivity contribution in [1.82, 2.24) is 4.31 Å². The third-order valence-corrected chi connectivity index (χ3v) is 7.81. The number of thiophene rings is 1. The molecular weight excluding hydrogens is 372 g/mol. The van der Waals surface area contributed by atoms with Crippen molar-refractivity contribution in [2.45, 2.75) is 30.5 Å². The van der Waals surface area contributed by atoms with Crippen LogP contribution >= 0.6 is 39.7 Å². The predicted molar refractivity (Wildman–Crippen MR) is 84.5 cm³/mol. The molecular formula is C11H18BrClN2O2S2. The SMILES string of the molecule is Cc1cc(S(=O)(=O)N2CCC(C(C)N)C2)sc1Br.Cl. The highest BCUT2D eigenvalue weighted by Gasteiger charge is 2.34. The summed E-state index contributed by atoms with van der Waals surface area (Å²) >= 11 is 4.64. The van der Waals surface area contributed by atoms with Gasteiger partial charge in [0.05, 0.1) is 3.79 Å². The van der Waals surface area contributed by atoms with Crippen molar-refractivity contribution in [2.75, 3.05) is 13.1 Å². The maximum Gasteiger partial charge on any atom is 0.252 e. The minimum atomic E-state index is -3.34. The van der Waals surface area contributed by atoms with Crippen LogP contribution in [-0.2, 0) is 10.0 Å². The third-order valence-electron chi connectivity index (χ3n) is 3.36. The van der Waals surface area contributed by atoms with Gasteiger partial charge in [-0.3, -0.25) is 0 Å². The molecule has 0 amide bonds. The first-order valence-corrected chi connectivity index (χ1v) is 8.89. The molecule has 1 aliphatic heterocycles. The zero-order valence-electron chi connectivity index (χ0n) is 10.8. The second kappa shape index (κ2) is 6.41. The molecule has 1 aromatic rings. The number of sulfonamides is 1. The fourth-order valence-electron chi connectivity index (χ4n) is 2.09. The predicted octanol–water partition coefficient (Wildman–Crippen LogP) is 2.60. The van der Waals surface area contributed by atoms with E-state index in [0.717, 1.165) is 15.8 Å². The van der Waals surface area contributed by atoms with Crippen molar-refractivity contribution in [2.24, 2.45) is 11.7 Å². The van der Waals surface area contributed by atoms with Crippen LogP contribution in [0.5, 0.6) is 0 Å². The number of aryl methyl sites for hydroxylation is 1. The Bertz CT molecular complexity index is 525. The van der Waals surface area contributed by atoms with E-state index in [4.69, 9.17) is 5.73 Å². The molecule has 0 saturated carbocycles. The molecule has 2 unspecified atom stereocenters. The second-order valence-corrected chi connectivity index (χ2v) is 9.33. The molecule has 19 heavy (non-hydrogen) atoms. The third kappa shape index (κ3) is 3.51. The maximum atomic E-state index is 12.4. The molecule has 0 radical (unpaired) electrons. The monoisotopic (exact) mass is 388 g/mol. The van der Waals surface area contributed by atoms with Gasteiger partial charge < -0.3 is 5.73 Å². The Balaban J connectivity index is 0.00000180. The standard InChI is InChI=1S/C11H17BrN2O2S2.ClH/c1-7-5-10(17-11(7)12)18(15,16)14-4-3-9(6-14)8(2)13;/h5,8-9H,3-4,6,13H2,1-2H3;1H. The van der Waals surface area contributed by atoms with Gasteiger partial charge >= 0.3 is 0 Å². The molecule has 0 bridgehead atoms. The topological polar surface area (TPSA) is 63.4 Å². The van der Waals surface area contributed by atoms with E-state index >= 15 is 0 Å². The van der Waals surface area contributed by atoms with Crippen LogP contribution in [0.15, 0.2) is 14.1 Å². The average Bonchev–Trinajstić information content (AvgIpc) is 2.87. The van der Waals surface area contributed by atoms with E-state index in [1.165, 1.54) is 11.3 Å². The Morgan fingerprint density at radius 2 is 2.21 bits per heavy atom. The molecule has 1 fully saturated rings. The lowest BCUT2D eigenvalue weighted by Gasteiger charge is -2.17. The first-order chi connectivity index (χ1) is 8.32. The number of rotatable bonds is 3. The Morgan fingerprint density at radius 3 is 2.63 bits per heavy atom. The lowest BCUT2D eigenvalue weighted by Crippen LogP contribution is -2.32. The number of nitrogens with two attached hydrogens (primary N) is 1. The van der Waals surface area contributed by atoms with E-state index in [2.05, 4.69) is 15.9 Å². The van der Waals surface area contributed by atoms with Crippen molar-refractivity contribution in [1.29, 1.82) is 0 Å². The van der Waals surface area contributed by atoms with Gasteiger partial charge in [0, 0.05) is 19.1 Å². The molecule has 8 heteroatoms. The lowest BCUT2D eigenvalue weighted by atomic mass is 10.0. The van der Waals surface area contributed by atoms with Crippen LogP contribution in [0.4, 0.5) is 0 Å². The maximum absolute atomic E-state index is 12.4. The molecule has 0 spiro atoms. The first kappa shape index (κ1) is 17.4. The second-order valence-electron chi connectivity index (χ2n) is 4.79. The highest BCUT2D eigenvalue weighted by atomic mass is 79.9. The summed E-state index contributed by atoms with van der Waals surface area (Å²) in [6.07, 6.45) is 0.850. The Hall–Kier alpha value is 0.340. The summed E-state index contributed by atoms with van der Waals surface area (Å²) in [5, 5.41) is 0. The summed E-state index contributed by atoms with van der Waals surface area (Å²) in [4.78, 5) is 0. The van der Waals surface area contributed by atoms with E-state index in [-0.39, 0.29) is 24.4 Å². The Morgan fingerprint density at radius 1 is 1.58 bits per heavy atom. The number of nitrogens with zero attached hydrogens (tertiary/aromatic N) is 1. The summed E-state index contributed by atoms with van der Waals surface area (Å²) in [5.41, 5.74) is 6.80. The highest BCUT2D eigenvalue weighted by Crippen LogP contribution is 2.34. The van der Waals surface area contributed by atoms with E-state index in [9.17, 15) is 8.42 Å². The summed E-state index contributed by atoms with van der Waals surface area (Å²) in [5.74, 6) is 0.268. The number of hydrogen-bond acceptors (Lipinski definition) is 4. The van der Waals surface area contributed by atoms with Crippen LogP contribution in [0.2, 0.25) is 0 Å². The molecule has 1 aliphatic rings. The van der Waals surface area contributed by atoms with Crippen LogP contribution in [0, 0.1) is 12.8 Å². The summed E-state index contributed by atoms with van der Waals surface area (Å²) in [6.45, 7) is 4.94. The van der Waals surface area contributed by atoms with Crippen molar-refractivity contribution in [3.8, 4) is 0 Å². The Kier molecular flexibility index (Phi) is 5.86. The van der Waals surface area contributed by atoms with Gasteiger partial charge in [-0.2, -0.15) is 4.31 Å². The Labute approximate surface area is 133 Å². The van der Waals surface area contributed by atoms with Crippen LogP contribution in [0.25, 0.3) is 0 Å². The number of hydrogen-bond donors (Lipinski definition) is 1.